The molecule has 1 unspecified atom stereocenters. The van der Waals surface area contributed by atoms with Gasteiger partial charge in [0, 0.05) is 31.3 Å². The van der Waals surface area contributed by atoms with E-state index in [2.05, 4.69) is 70.2 Å². The summed E-state index contributed by atoms with van der Waals surface area (Å²) in [7, 11) is 0. The van der Waals surface area contributed by atoms with E-state index < -0.39 is 0 Å². The molecule has 1 amide bonds. The molecule has 2 aromatic carbocycles. The first-order chi connectivity index (χ1) is 17.2. The number of imidazole rings is 1. The van der Waals surface area contributed by atoms with Crippen molar-refractivity contribution < 1.29 is 9.53 Å². The van der Waals surface area contributed by atoms with Crippen molar-refractivity contribution >= 4 is 16.9 Å². The van der Waals surface area contributed by atoms with Gasteiger partial charge in [-0.05, 0) is 69.6 Å². The van der Waals surface area contributed by atoms with E-state index in [-0.39, 0.29) is 18.1 Å². The van der Waals surface area contributed by atoms with E-state index in [1.54, 1.807) is 0 Å². The highest BCUT2D eigenvalue weighted by Gasteiger charge is 2.42. The van der Waals surface area contributed by atoms with Crippen LogP contribution in [-0.4, -0.2) is 51.7 Å². The van der Waals surface area contributed by atoms with Gasteiger partial charge in [-0.1, -0.05) is 42.5 Å². The van der Waals surface area contributed by atoms with Crippen molar-refractivity contribution in [2.75, 3.05) is 13.2 Å². The Balaban J connectivity index is 1.15. The summed E-state index contributed by atoms with van der Waals surface area (Å²) < 4.78 is 8.14. The van der Waals surface area contributed by atoms with Crippen LogP contribution in [0.25, 0.3) is 11.0 Å². The first-order valence-corrected chi connectivity index (χ1v) is 13.3. The third-order valence-electron chi connectivity index (χ3n) is 8.41. The molecule has 3 aliphatic heterocycles. The number of piperidine rings is 1. The van der Waals surface area contributed by atoms with E-state index in [0.29, 0.717) is 24.7 Å². The predicted octanol–water partition coefficient (Wildman–Crippen LogP) is 4.94. The van der Waals surface area contributed by atoms with Crippen LogP contribution in [0.2, 0.25) is 0 Å². The molecule has 1 aromatic heterocycles. The van der Waals surface area contributed by atoms with E-state index in [9.17, 15) is 4.79 Å². The highest BCUT2D eigenvalue weighted by atomic mass is 16.5. The molecule has 0 radical (unpaired) electrons. The summed E-state index contributed by atoms with van der Waals surface area (Å²) in [5.41, 5.74) is 3.55. The van der Waals surface area contributed by atoms with Gasteiger partial charge in [0.25, 0.3) is 0 Å². The molecule has 2 bridgehead atoms. The van der Waals surface area contributed by atoms with E-state index in [1.807, 2.05) is 6.07 Å². The summed E-state index contributed by atoms with van der Waals surface area (Å²) in [6.07, 6.45) is 7.32. The molecule has 3 fully saturated rings. The van der Waals surface area contributed by atoms with E-state index in [4.69, 9.17) is 9.72 Å². The minimum Gasteiger partial charge on any atom is -0.368 e. The lowest BCUT2D eigenvalue weighted by molar-refractivity contribution is -0.130. The van der Waals surface area contributed by atoms with Gasteiger partial charge in [0.05, 0.1) is 17.1 Å². The van der Waals surface area contributed by atoms with Crippen LogP contribution in [0.5, 0.6) is 0 Å². The summed E-state index contributed by atoms with van der Waals surface area (Å²) in [6.45, 7) is 3.85. The SMILES string of the molecule is Cc1nc2ccccc2n1[C@@H]1C[C@H]2CC[C@@H](C1)N2CC[C@H](NC(=O)C1CCCO1)c1ccccc1. The number of carbonyl (C=O) groups excluding carboxylic acids is 1. The number of hydrogen-bond donors (Lipinski definition) is 1. The van der Waals surface area contributed by atoms with Gasteiger partial charge in [-0.2, -0.15) is 0 Å². The quantitative estimate of drug-likeness (QED) is 0.529. The van der Waals surface area contributed by atoms with Gasteiger partial charge < -0.3 is 14.6 Å². The van der Waals surface area contributed by atoms with Gasteiger partial charge in [-0.15, -0.1) is 0 Å². The Morgan fingerprint density at radius 2 is 1.77 bits per heavy atom. The van der Waals surface area contributed by atoms with Gasteiger partial charge in [0.15, 0.2) is 0 Å². The first kappa shape index (κ1) is 22.7. The molecule has 3 aliphatic rings. The van der Waals surface area contributed by atoms with Crippen LogP contribution in [0.3, 0.4) is 0 Å². The van der Waals surface area contributed by atoms with E-state index in [0.717, 1.165) is 37.1 Å². The van der Waals surface area contributed by atoms with Crippen LogP contribution >= 0.6 is 0 Å². The highest BCUT2D eigenvalue weighted by Crippen LogP contribution is 2.42. The second-order valence-corrected chi connectivity index (χ2v) is 10.5. The maximum atomic E-state index is 12.9. The summed E-state index contributed by atoms with van der Waals surface area (Å²) in [5, 5.41) is 3.32. The van der Waals surface area contributed by atoms with Crippen molar-refractivity contribution in [1.29, 1.82) is 0 Å². The standard InChI is InChI=1S/C29H36N4O2/c1-20-30-26-10-5-6-11-27(26)33(20)24-18-22-13-14-23(19-24)32(22)16-15-25(21-8-3-2-4-9-21)31-29(34)28-12-7-17-35-28/h2-6,8-11,22-25,28H,7,12-19H2,1H3,(H,31,34)/t22-,23+,24-,25-,28?/m0/s1. The fraction of sp³-hybridized carbons (Fsp3) is 0.517. The Labute approximate surface area is 207 Å². The lowest BCUT2D eigenvalue weighted by Gasteiger charge is -2.40. The van der Waals surface area contributed by atoms with Crippen LogP contribution < -0.4 is 5.32 Å². The zero-order chi connectivity index (χ0) is 23.8. The molecule has 0 saturated carbocycles. The van der Waals surface area contributed by atoms with Crippen LogP contribution in [0.15, 0.2) is 54.6 Å². The average molecular weight is 473 g/mol. The van der Waals surface area contributed by atoms with Crippen molar-refractivity contribution in [3.8, 4) is 0 Å². The van der Waals surface area contributed by atoms with Crippen molar-refractivity contribution in [2.45, 2.75) is 82.1 Å². The molecule has 4 heterocycles. The number of nitrogens with one attached hydrogen (secondary N) is 1. The maximum Gasteiger partial charge on any atom is 0.249 e. The zero-order valence-electron chi connectivity index (χ0n) is 20.6. The smallest absolute Gasteiger partial charge is 0.249 e. The molecule has 184 valence electrons. The number of fused-ring (bicyclic) bond motifs is 3. The first-order valence-electron chi connectivity index (χ1n) is 13.3. The number of aryl methyl sites for hydroxylation is 1. The summed E-state index contributed by atoms with van der Waals surface area (Å²) in [5.74, 6) is 1.17. The van der Waals surface area contributed by atoms with Crippen molar-refractivity contribution in [3.05, 3.63) is 66.0 Å². The van der Waals surface area contributed by atoms with Gasteiger partial charge in [0.1, 0.15) is 11.9 Å². The molecule has 1 N–H and O–H groups in total. The monoisotopic (exact) mass is 472 g/mol. The third kappa shape index (κ3) is 4.50. The van der Waals surface area contributed by atoms with Crippen molar-refractivity contribution in [1.82, 2.24) is 19.8 Å². The Kier molecular flexibility index (Phi) is 6.33. The molecule has 3 aromatic rings. The third-order valence-corrected chi connectivity index (χ3v) is 8.41. The number of hydrogen-bond acceptors (Lipinski definition) is 4. The second-order valence-electron chi connectivity index (χ2n) is 10.5. The minimum absolute atomic E-state index is 0.0184. The Morgan fingerprint density at radius 3 is 2.51 bits per heavy atom. The molecule has 6 rings (SSSR count). The predicted molar refractivity (Wildman–Crippen MR) is 137 cm³/mol. The molecule has 3 saturated heterocycles. The Morgan fingerprint density at radius 1 is 1.03 bits per heavy atom. The molecule has 6 nitrogen and oxygen atoms in total. The number of nitrogens with zero attached hydrogens (tertiary/aromatic N) is 3. The summed E-state index contributed by atoms with van der Waals surface area (Å²) >= 11 is 0. The average Bonchev–Trinajstić information content (AvgIpc) is 3.58. The number of aromatic nitrogens is 2. The Bertz CT molecular complexity index is 1160. The summed E-state index contributed by atoms with van der Waals surface area (Å²) in [4.78, 5) is 20.4. The molecular weight excluding hydrogens is 436 g/mol. The molecule has 5 atom stereocenters. The highest BCUT2D eigenvalue weighted by molar-refractivity contribution is 5.81. The number of para-hydroxylation sites is 2. The molecular formula is C29H36N4O2. The fourth-order valence-electron chi connectivity index (χ4n) is 6.78. The van der Waals surface area contributed by atoms with Crippen molar-refractivity contribution in [3.63, 3.8) is 0 Å². The summed E-state index contributed by atoms with van der Waals surface area (Å²) in [6, 6.07) is 20.7. The maximum absolute atomic E-state index is 12.9. The lowest BCUT2D eigenvalue weighted by Crippen LogP contribution is -2.45. The van der Waals surface area contributed by atoms with E-state index in [1.165, 1.54) is 36.8 Å². The normalized spacial score (nSPS) is 27.3. The molecule has 6 heteroatoms. The molecule has 0 aliphatic carbocycles. The van der Waals surface area contributed by atoms with Gasteiger partial charge in [0.2, 0.25) is 5.91 Å². The number of rotatable bonds is 7. The van der Waals surface area contributed by atoms with Crippen LogP contribution in [0.1, 0.15) is 68.4 Å². The largest absolute Gasteiger partial charge is 0.368 e. The number of carbonyl (C=O) groups is 1. The second kappa shape index (κ2) is 9.75. The lowest BCUT2D eigenvalue weighted by atomic mass is 9.95. The van der Waals surface area contributed by atoms with Crippen LogP contribution in [0, 0.1) is 6.92 Å². The van der Waals surface area contributed by atoms with Gasteiger partial charge in [-0.25, -0.2) is 4.98 Å². The number of benzene rings is 2. The molecule has 0 spiro atoms. The fourth-order valence-corrected chi connectivity index (χ4v) is 6.78. The number of amides is 1. The van der Waals surface area contributed by atoms with Gasteiger partial charge in [-0.3, -0.25) is 9.69 Å². The Hall–Kier alpha value is -2.70. The zero-order valence-corrected chi connectivity index (χ0v) is 20.6. The van der Waals surface area contributed by atoms with Crippen LogP contribution in [-0.2, 0) is 9.53 Å². The van der Waals surface area contributed by atoms with Gasteiger partial charge >= 0.3 is 0 Å². The minimum atomic E-state index is -0.290. The number of ether oxygens (including phenoxy) is 1. The van der Waals surface area contributed by atoms with Crippen LogP contribution in [0.4, 0.5) is 0 Å². The molecule has 35 heavy (non-hydrogen) atoms. The van der Waals surface area contributed by atoms with Crippen molar-refractivity contribution in [2.24, 2.45) is 0 Å². The van der Waals surface area contributed by atoms with E-state index >= 15 is 0 Å². The topological polar surface area (TPSA) is 59.4 Å².